The predicted octanol–water partition coefficient (Wildman–Crippen LogP) is 4.91. The summed E-state index contributed by atoms with van der Waals surface area (Å²) in [5.41, 5.74) is -0.0934. The number of hydrogen-bond acceptors (Lipinski definition) is 2. The second kappa shape index (κ2) is 5.21. The SMILES string of the molecule is Cc1ccc(Nc2ccc(Br)cn2)cc1C(F)(F)F. The normalized spacial score (nSPS) is 11.4. The molecule has 2 aromatic rings. The summed E-state index contributed by atoms with van der Waals surface area (Å²) in [6, 6.07) is 7.54. The molecular weight excluding hydrogens is 321 g/mol. The predicted molar refractivity (Wildman–Crippen MR) is 71.4 cm³/mol. The van der Waals surface area contributed by atoms with Crippen LogP contribution in [0.15, 0.2) is 41.0 Å². The number of aryl methyl sites for hydroxylation is 1. The second-order valence-corrected chi connectivity index (χ2v) is 4.93. The summed E-state index contributed by atoms with van der Waals surface area (Å²) in [5, 5.41) is 2.84. The van der Waals surface area contributed by atoms with E-state index in [1.54, 1.807) is 24.4 Å². The summed E-state index contributed by atoms with van der Waals surface area (Å²) in [5.74, 6) is 0.486. The molecule has 0 bridgehead atoms. The molecule has 1 heterocycles. The van der Waals surface area contributed by atoms with Gasteiger partial charge in [0.15, 0.2) is 0 Å². The first kappa shape index (κ1) is 13.9. The first-order chi connectivity index (χ1) is 8.86. The fourth-order valence-electron chi connectivity index (χ4n) is 1.60. The number of nitrogens with zero attached hydrogens (tertiary/aromatic N) is 1. The van der Waals surface area contributed by atoms with E-state index in [4.69, 9.17) is 0 Å². The van der Waals surface area contributed by atoms with Crippen molar-refractivity contribution in [2.75, 3.05) is 5.32 Å². The molecular formula is C13H10BrF3N2. The first-order valence-corrected chi connectivity index (χ1v) is 6.22. The Morgan fingerprint density at radius 3 is 2.47 bits per heavy atom. The van der Waals surface area contributed by atoms with Crippen molar-refractivity contribution in [3.05, 3.63) is 52.1 Å². The van der Waals surface area contributed by atoms with Crippen LogP contribution in [0, 0.1) is 6.92 Å². The maximum Gasteiger partial charge on any atom is 0.416 e. The lowest BCUT2D eigenvalue weighted by Gasteiger charge is -2.13. The van der Waals surface area contributed by atoms with Crippen LogP contribution >= 0.6 is 15.9 Å². The number of benzene rings is 1. The van der Waals surface area contributed by atoms with E-state index in [1.807, 2.05) is 0 Å². The fourth-order valence-corrected chi connectivity index (χ4v) is 1.84. The number of rotatable bonds is 2. The van der Waals surface area contributed by atoms with Crippen molar-refractivity contribution in [1.82, 2.24) is 4.98 Å². The highest BCUT2D eigenvalue weighted by molar-refractivity contribution is 9.10. The van der Waals surface area contributed by atoms with Crippen LogP contribution in [-0.2, 0) is 6.18 Å². The second-order valence-electron chi connectivity index (χ2n) is 4.01. The Labute approximate surface area is 116 Å². The lowest BCUT2D eigenvalue weighted by Crippen LogP contribution is -2.08. The van der Waals surface area contributed by atoms with Gasteiger partial charge < -0.3 is 5.32 Å². The van der Waals surface area contributed by atoms with Crippen molar-refractivity contribution < 1.29 is 13.2 Å². The standard InChI is InChI=1S/C13H10BrF3N2/c1-8-2-4-10(6-11(8)13(15,16)17)19-12-5-3-9(14)7-18-12/h2-7H,1H3,(H,18,19). The van der Waals surface area contributed by atoms with E-state index < -0.39 is 11.7 Å². The number of nitrogens with one attached hydrogen (secondary N) is 1. The zero-order chi connectivity index (χ0) is 14.0. The third-order valence-electron chi connectivity index (χ3n) is 2.54. The molecule has 0 atom stereocenters. The number of hydrogen-bond donors (Lipinski definition) is 1. The monoisotopic (exact) mass is 330 g/mol. The number of aromatic nitrogens is 1. The van der Waals surface area contributed by atoms with Crippen LogP contribution in [0.4, 0.5) is 24.7 Å². The van der Waals surface area contributed by atoms with Gasteiger partial charge in [-0.2, -0.15) is 13.2 Å². The average Bonchev–Trinajstić information content (AvgIpc) is 2.33. The minimum Gasteiger partial charge on any atom is -0.340 e. The highest BCUT2D eigenvalue weighted by Crippen LogP contribution is 2.33. The van der Waals surface area contributed by atoms with Crippen LogP contribution in [0.2, 0.25) is 0 Å². The van der Waals surface area contributed by atoms with Gasteiger partial charge in [-0.3, -0.25) is 0 Å². The van der Waals surface area contributed by atoms with E-state index in [1.165, 1.54) is 13.0 Å². The smallest absolute Gasteiger partial charge is 0.340 e. The fraction of sp³-hybridized carbons (Fsp3) is 0.154. The lowest BCUT2D eigenvalue weighted by molar-refractivity contribution is -0.138. The van der Waals surface area contributed by atoms with Crippen LogP contribution < -0.4 is 5.32 Å². The van der Waals surface area contributed by atoms with E-state index in [2.05, 4.69) is 26.2 Å². The molecule has 2 rings (SSSR count). The van der Waals surface area contributed by atoms with Crippen LogP contribution in [0.5, 0.6) is 0 Å². The van der Waals surface area contributed by atoms with Gasteiger partial charge in [0.05, 0.1) is 5.56 Å². The zero-order valence-electron chi connectivity index (χ0n) is 9.92. The summed E-state index contributed by atoms with van der Waals surface area (Å²) in [6.07, 6.45) is -2.78. The molecule has 0 amide bonds. The van der Waals surface area contributed by atoms with Crippen molar-refractivity contribution in [1.29, 1.82) is 0 Å². The zero-order valence-corrected chi connectivity index (χ0v) is 11.5. The van der Waals surface area contributed by atoms with Gasteiger partial charge >= 0.3 is 6.18 Å². The van der Waals surface area contributed by atoms with Gasteiger partial charge in [0.25, 0.3) is 0 Å². The van der Waals surface area contributed by atoms with Gasteiger partial charge in [-0.25, -0.2) is 4.98 Å². The maximum atomic E-state index is 12.8. The minimum absolute atomic E-state index is 0.196. The Bertz CT molecular complexity index is 579. The third kappa shape index (κ3) is 3.47. The number of anilines is 2. The molecule has 0 fully saturated rings. The first-order valence-electron chi connectivity index (χ1n) is 5.43. The van der Waals surface area contributed by atoms with Crippen molar-refractivity contribution in [2.45, 2.75) is 13.1 Å². The summed E-state index contributed by atoms with van der Waals surface area (Å²) in [4.78, 5) is 4.05. The summed E-state index contributed by atoms with van der Waals surface area (Å²) in [7, 11) is 0. The molecule has 0 saturated carbocycles. The number of halogens is 4. The van der Waals surface area contributed by atoms with Crippen LogP contribution in [0.1, 0.15) is 11.1 Å². The van der Waals surface area contributed by atoms with Crippen LogP contribution in [0.3, 0.4) is 0 Å². The molecule has 0 unspecified atom stereocenters. The summed E-state index contributed by atoms with van der Waals surface area (Å²) < 4.78 is 39.1. The maximum absolute atomic E-state index is 12.8. The minimum atomic E-state index is -4.35. The van der Waals surface area contributed by atoms with E-state index in [9.17, 15) is 13.2 Å². The van der Waals surface area contributed by atoms with E-state index in [0.29, 0.717) is 11.5 Å². The molecule has 1 aromatic heterocycles. The Morgan fingerprint density at radius 2 is 1.89 bits per heavy atom. The van der Waals surface area contributed by atoms with E-state index in [-0.39, 0.29) is 5.56 Å². The molecule has 1 aromatic carbocycles. The van der Waals surface area contributed by atoms with Crippen molar-refractivity contribution in [2.24, 2.45) is 0 Å². The molecule has 6 heteroatoms. The highest BCUT2D eigenvalue weighted by atomic mass is 79.9. The molecule has 100 valence electrons. The van der Waals surface area contributed by atoms with E-state index in [0.717, 1.165) is 10.5 Å². The Kier molecular flexibility index (Phi) is 3.80. The molecule has 0 spiro atoms. The Hall–Kier alpha value is -1.56. The van der Waals surface area contributed by atoms with Crippen molar-refractivity contribution in [3.8, 4) is 0 Å². The largest absolute Gasteiger partial charge is 0.416 e. The Balaban J connectivity index is 2.29. The van der Waals surface area contributed by atoms with Crippen LogP contribution in [0.25, 0.3) is 0 Å². The van der Waals surface area contributed by atoms with E-state index >= 15 is 0 Å². The van der Waals surface area contributed by atoms with Gasteiger partial charge in [-0.15, -0.1) is 0 Å². The van der Waals surface area contributed by atoms with Crippen molar-refractivity contribution in [3.63, 3.8) is 0 Å². The van der Waals surface area contributed by atoms with Gasteiger partial charge in [0.2, 0.25) is 0 Å². The summed E-state index contributed by atoms with van der Waals surface area (Å²) in [6.45, 7) is 1.44. The number of alkyl halides is 3. The molecule has 1 N–H and O–H groups in total. The van der Waals surface area contributed by atoms with Gasteiger partial charge in [0.1, 0.15) is 5.82 Å². The molecule has 0 saturated heterocycles. The molecule has 2 nitrogen and oxygen atoms in total. The molecule has 0 aliphatic rings. The molecule has 0 aliphatic heterocycles. The topological polar surface area (TPSA) is 24.9 Å². The van der Waals surface area contributed by atoms with Gasteiger partial charge in [0, 0.05) is 16.4 Å². The number of pyridine rings is 1. The average molecular weight is 331 g/mol. The van der Waals surface area contributed by atoms with Crippen molar-refractivity contribution >= 4 is 27.4 Å². The molecule has 0 aliphatic carbocycles. The molecule has 0 radical (unpaired) electrons. The summed E-state index contributed by atoms with van der Waals surface area (Å²) >= 11 is 3.24. The Morgan fingerprint density at radius 1 is 1.16 bits per heavy atom. The quantitative estimate of drug-likeness (QED) is 0.845. The lowest BCUT2D eigenvalue weighted by atomic mass is 10.1. The third-order valence-corrected chi connectivity index (χ3v) is 3.01. The molecule has 19 heavy (non-hydrogen) atoms. The highest BCUT2D eigenvalue weighted by Gasteiger charge is 2.32. The van der Waals surface area contributed by atoms with Gasteiger partial charge in [-0.1, -0.05) is 6.07 Å². The van der Waals surface area contributed by atoms with Gasteiger partial charge in [-0.05, 0) is 52.7 Å². The van der Waals surface area contributed by atoms with Crippen LogP contribution in [-0.4, -0.2) is 4.98 Å².